The lowest BCUT2D eigenvalue weighted by molar-refractivity contribution is -0.107. The van der Waals surface area contributed by atoms with E-state index in [9.17, 15) is 9.90 Å². The molecular formula is C18H28N2O4. The zero-order valence-electron chi connectivity index (χ0n) is 14.3. The van der Waals surface area contributed by atoms with E-state index in [1.807, 2.05) is 0 Å². The van der Waals surface area contributed by atoms with Crippen LogP contribution in [0.3, 0.4) is 0 Å². The Morgan fingerprint density at radius 2 is 2.21 bits per heavy atom. The first-order valence-electron chi connectivity index (χ1n) is 8.94. The average Bonchev–Trinajstić information content (AvgIpc) is 3.09. The first-order valence-corrected chi connectivity index (χ1v) is 8.94. The van der Waals surface area contributed by atoms with Crippen molar-refractivity contribution in [2.45, 2.75) is 69.1 Å². The Morgan fingerprint density at radius 3 is 2.92 bits per heavy atom. The van der Waals surface area contributed by atoms with Crippen LogP contribution in [-0.4, -0.2) is 35.9 Å². The van der Waals surface area contributed by atoms with Crippen LogP contribution in [0, 0.1) is 0 Å². The highest BCUT2D eigenvalue weighted by Crippen LogP contribution is 2.38. The fourth-order valence-electron chi connectivity index (χ4n) is 3.86. The average molecular weight is 336 g/mol. The van der Waals surface area contributed by atoms with Gasteiger partial charge in [-0.05, 0) is 44.7 Å². The molecular weight excluding hydrogens is 308 g/mol. The summed E-state index contributed by atoms with van der Waals surface area (Å²) in [4.78, 5) is 12.2. The lowest BCUT2D eigenvalue weighted by atomic mass is 9.78. The van der Waals surface area contributed by atoms with Crippen molar-refractivity contribution in [3.8, 4) is 0 Å². The molecule has 0 unspecified atom stereocenters. The third-order valence-electron chi connectivity index (χ3n) is 5.24. The van der Waals surface area contributed by atoms with Gasteiger partial charge in [0.25, 0.3) is 0 Å². The lowest BCUT2D eigenvalue weighted by Crippen LogP contribution is -2.52. The number of amides is 2. The van der Waals surface area contributed by atoms with E-state index in [0.29, 0.717) is 12.4 Å². The maximum atomic E-state index is 12.2. The molecule has 134 valence electrons. The summed E-state index contributed by atoms with van der Waals surface area (Å²) in [5.41, 5.74) is -1.25. The predicted molar refractivity (Wildman–Crippen MR) is 89.6 cm³/mol. The third kappa shape index (κ3) is 4.11. The van der Waals surface area contributed by atoms with Crippen LogP contribution in [0.1, 0.15) is 57.6 Å². The van der Waals surface area contributed by atoms with Gasteiger partial charge in [0.2, 0.25) is 0 Å². The number of rotatable bonds is 4. The van der Waals surface area contributed by atoms with Crippen molar-refractivity contribution in [3.63, 3.8) is 0 Å². The molecule has 3 rings (SSSR count). The van der Waals surface area contributed by atoms with Crippen LogP contribution in [0.4, 0.5) is 4.79 Å². The second-order valence-corrected chi connectivity index (χ2v) is 7.36. The van der Waals surface area contributed by atoms with Crippen molar-refractivity contribution in [2.75, 3.05) is 13.2 Å². The van der Waals surface area contributed by atoms with Crippen LogP contribution in [-0.2, 0) is 10.3 Å². The molecule has 1 saturated heterocycles. The number of hydrogen-bond acceptors (Lipinski definition) is 4. The van der Waals surface area contributed by atoms with E-state index in [4.69, 9.17) is 9.15 Å². The van der Waals surface area contributed by atoms with E-state index in [2.05, 4.69) is 10.6 Å². The number of nitrogens with one attached hydrogen (secondary N) is 2. The Hall–Kier alpha value is -1.53. The summed E-state index contributed by atoms with van der Waals surface area (Å²) in [5, 5.41) is 16.2. The highest BCUT2D eigenvalue weighted by Gasteiger charge is 2.39. The molecule has 24 heavy (non-hydrogen) atoms. The van der Waals surface area contributed by atoms with Crippen molar-refractivity contribution < 1.29 is 19.1 Å². The summed E-state index contributed by atoms with van der Waals surface area (Å²) in [5.74, 6) is 0.440. The van der Waals surface area contributed by atoms with Crippen LogP contribution in [0.2, 0.25) is 0 Å². The summed E-state index contributed by atoms with van der Waals surface area (Å²) in [6.07, 6.45) is 9.13. The van der Waals surface area contributed by atoms with E-state index in [0.717, 1.165) is 25.7 Å². The first-order chi connectivity index (χ1) is 11.5. The van der Waals surface area contributed by atoms with Gasteiger partial charge in [-0.1, -0.05) is 19.3 Å². The molecule has 2 fully saturated rings. The molecule has 2 atom stereocenters. The summed E-state index contributed by atoms with van der Waals surface area (Å²) in [7, 11) is 0. The Morgan fingerprint density at radius 1 is 1.42 bits per heavy atom. The largest absolute Gasteiger partial charge is 0.466 e. The molecule has 1 spiro atoms. The van der Waals surface area contributed by atoms with Crippen molar-refractivity contribution in [2.24, 2.45) is 0 Å². The van der Waals surface area contributed by atoms with Crippen LogP contribution in [0.5, 0.6) is 0 Å². The smallest absolute Gasteiger partial charge is 0.315 e. The summed E-state index contributed by atoms with van der Waals surface area (Å²) in [6, 6.07) is 3.30. The van der Waals surface area contributed by atoms with E-state index in [1.54, 1.807) is 19.1 Å². The van der Waals surface area contributed by atoms with Gasteiger partial charge in [-0.25, -0.2) is 4.79 Å². The molecule has 2 amide bonds. The second-order valence-electron chi connectivity index (χ2n) is 7.36. The molecule has 1 aliphatic heterocycles. The minimum absolute atomic E-state index is 0.0336. The minimum Gasteiger partial charge on any atom is -0.466 e. The number of furan rings is 1. The van der Waals surface area contributed by atoms with Gasteiger partial charge >= 0.3 is 6.03 Å². The molecule has 6 nitrogen and oxygen atoms in total. The highest BCUT2D eigenvalue weighted by molar-refractivity contribution is 5.74. The van der Waals surface area contributed by atoms with E-state index < -0.39 is 5.60 Å². The van der Waals surface area contributed by atoms with Gasteiger partial charge in [0, 0.05) is 12.6 Å². The SMILES string of the molecule is C[C@@](O)(CNC(=O)N[C@H]1CCOC2(CCCCC2)C1)c1ccco1. The topological polar surface area (TPSA) is 83.7 Å². The van der Waals surface area contributed by atoms with Crippen LogP contribution >= 0.6 is 0 Å². The van der Waals surface area contributed by atoms with Crippen LogP contribution in [0.15, 0.2) is 22.8 Å². The molecule has 0 bridgehead atoms. The third-order valence-corrected chi connectivity index (χ3v) is 5.24. The molecule has 1 saturated carbocycles. The molecule has 3 N–H and O–H groups in total. The molecule has 2 heterocycles. The van der Waals surface area contributed by atoms with Gasteiger partial charge < -0.3 is 24.9 Å². The molecule has 1 aliphatic carbocycles. The number of carbonyl (C=O) groups is 1. The van der Waals surface area contributed by atoms with Crippen molar-refractivity contribution in [3.05, 3.63) is 24.2 Å². The van der Waals surface area contributed by atoms with Gasteiger partial charge in [-0.15, -0.1) is 0 Å². The van der Waals surface area contributed by atoms with Gasteiger partial charge in [0.05, 0.1) is 18.4 Å². The number of ether oxygens (including phenoxy) is 1. The van der Waals surface area contributed by atoms with Gasteiger partial charge in [-0.2, -0.15) is 0 Å². The number of carbonyl (C=O) groups excluding carboxylic acids is 1. The molecule has 1 aromatic rings. The summed E-state index contributed by atoms with van der Waals surface area (Å²) < 4.78 is 11.3. The first kappa shape index (κ1) is 17.3. The molecule has 6 heteroatoms. The fraction of sp³-hybridized carbons (Fsp3) is 0.722. The molecule has 0 aromatic carbocycles. The second kappa shape index (κ2) is 7.15. The summed E-state index contributed by atoms with van der Waals surface area (Å²) >= 11 is 0. The lowest BCUT2D eigenvalue weighted by Gasteiger charge is -2.43. The Balaban J connectivity index is 1.48. The van der Waals surface area contributed by atoms with E-state index >= 15 is 0 Å². The van der Waals surface area contributed by atoms with Crippen molar-refractivity contribution >= 4 is 6.03 Å². The van der Waals surface area contributed by atoms with Gasteiger partial charge in [0.15, 0.2) is 0 Å². The minimum atomic E-state index is -1.22. The zero-order valence-corrected chi connectivity index (χ0v) is 14.3. The van der Waals surface area contributed by atoms with Crippen LogP contribution < -0.4 is 10.6 Å². The maximum Gasteiger partial charge on any atom is 0.315 e. The Kier molecular flexibility index (Phi) is 5.15. The predicted octanol–water partition coefficient (Wildman–Crippen LogP) is 2.67. The monoisotopic (exact) mass is 336 g/mol. The zero-order chi connectivity index (χ0) is 17.0. The van der Waals surface area contributed by atoms with E-state index in [-0.39, 0.29) is 24.2 Å². The van der Waals surface area contributed by atoms with Gasteiger partial charge in [0.1, 0.15) is 11.4 Å². The number of aliphatic hydroxyl groups is 1. The highest BCUT2D eigenvalue weighted by atomic mass is 16.5. The number of urea groups is 1. The van der Waals surface area contributed by atoms with Crippen molar-refractivity contribution in [1.82, 2.24) is 10.6 Å². The molecule has 1 aromatic heterocycles. The van der Waals surface area contributed by atoms with Gasteiger partial charge in [-0.3, -0.25) is 0 Å². The summed E-state index contributed by atoms with van der Waals surface area (Å²) in [6.45, 7) is 2.42. The Labute approximate surface area is 142 Å². The quantitative estimate of drug-likeness (QED) is 0.789. The fourth-order valence-corrected chi connectivity index (χ4v) is 3.86. The normalized spacial score (nSPS) is 25.8. The molecule has 2 aliphatic rings. The Bertz CT molecular complexity index is 530. The standard InChI is InChI=1S/C18H28N2O4/c1-17(22,15-6-5-10-23-15)13-19-16(21)20-14-7-11-24-18(12-14)8-3-2-4-9-18/h5-6,10,14,22H,2-4,7-9,11-13H2,1H3,(H2,19,20,21)/t14-,17+/m0/s1. The molecule has 0 radical (unpaired) electrons. The number of hydrogen-bond donors (Lipinski definition) is 3. The van der Waals surface area contributed by atoms with Crippen LogP contribution in [0.25, 0.3) is 0 Å². The van der Waals surface area contributed by atoms with E-state index in [1.165, 1.54) is 25.5 Å². The van der Waals surface area contributed by atoms with Crippen molar-refractivity contribution in [1.29, 1.82) is 0 Å². The maximum absolute atomic E-state index is 12.2.